The lowest BCUT2D eigenvalue weighted by Gasteiger charge is -2.38. The van der Waals surface area contributed by atoms with Crippen LogP contribution in [0.4, 0.5) is 0 Å². The van der Waals surface area contributed by atoms with Gasteiger partial charge in [0, 0.05) is 37.7 Å². The molecule has 0 spiro atoms. The molecular formula is C23H24Cl2N4O2. The van der Waals surface area contributed by atoms with Gasteiger partial charge in [0.2, 0.25) is 0 Å². The standard InChI is InChI=1S/C23H24Cl2N4O2/c1-3-29-21(26-20-9-8-16(24)14-18(20)23(29)31)15(2)27-10-12-28(13-11-27)22(30)17-6-4-5-7-19(17)25/h4-9,14-15H,3,10-13H2,1-2H3. The maximum Gasteiger partial charge on any atom is 0.261 e. The Morgan fingerprint density at radius 1 is 1.10 bits per heavy atom. The van der Waals surface area contributed by atoms with Crippen LogP contribution < -0.4 is 5.56 Å². The lowest BCUT2D eigenvalue weighted by atomic mass is 10.1. The summed E-state index contributed by atoms with van der Waals surface area (Å²) in [5.74, 6) is 0.678. The Labute approximate surface area is 191 Å². The second-order valence-electron chi connectivity index (χ2n) is 7.66. The van der Waals surface area contributed by atoms with Crippen LogP contribution >= 0.6 is 23.2 Å². The molecule has 2 heterocycles. The number of carbonyl (C=O) groups is 1. The van der Waals surface area contributed by atoms with Crippen molar-refractivity contribution in [3.8, 4) is 0 Å². The maximum absolute atomic E-state index is 13.0. The van der Waals surface area contributed by atoms with E-state index in [4.69, 9.17) is 28.2 Å². The Hall–Kier alpha value is -2.41. The number of hydrogen-bond acceptors (Lipinski definition) is 4. The van der Waals surface area contributed by atoms with Gasteiger partial charge in [-0.05, 0) is 44.2 Å². The normalized spacial score (nSPS) is 15.9. The quantitative estimate of drug-likeness (QED) is 0.586. The van der Waals surface area contributed by atoms with Crippen LogP contribution in [0.1, 0.15) is 36.1 Å². The second kappa shape index (κ2) is 8.99. The summed E-state index contributed by atoms with van der Waals surface area (Å²) >= 11 is 12.3. The van der Waals surface area contributed by atoms with E-state index in [0.29, 0.717) is 59.2 Å². The average molecular weight is 459 g/mol. The van der Waals surface area contributed by atoms with Gasteiger partial charge in [0.1, 0.15) is 5.82 Å². The third-order valence-corrected chi connectivity index (χ3v) is 6.45. The maximum atomic E-state index is 13.0. The molecule has 1 aromatic heterocycles. The topological polar surface area (TPSA) is 58.4 Å². The third-order valence-electron chi connectivity index (χ3n) is 5.89. The van der Waals surface area contributed by atoms with Crippen molar-refractivity contribution in [2.45, 2.75) is 26.4 Å². The van der Waals surface area contributed by atoms with E-state index >= 15 is 0 Å². The van der Waals surface area contributed by atoms with Crippen LogP contribution in [0.2, 0.25) is 10.0 Å². The fourth-order valence-corrected chi connectivity index (χ4v) is 4.50. The molecule has 0 saturated carbocycles. The average Bonchev–Trinajstić information content (AvgIpc) is 2.79. The molecular weight excluding hydrogens is 435 g/mol. The smallest absolute Gasteiger partial charge is 0.261 e. The minimum Gasteiger partial charge on any atom is -0.336 e. The van der Waals surface area contributed by atoms with Crippen molar-refractivity contribution in [1.82, 2.24) is 19.4 Å². The number of hydrogen-bond donors (Lipinski definition) is 0. The molecule has 1 atom stereocenters. The van der Waals surface area contributed by atoms with Crippen LogP contribution in [0, 0.1) is 0 Å². The predicted molar refractivity (Wildman–Crippen MR) is 124 cm³/mol. The van der Waals surface area contributed by atoms with Gasteiger partial charge in [0.05, 0.1) is 27.5 Å². The van der Waals surface area contributed by atoms with Gasteiger partial charge in [-0.15, -0.1) is 0 Å². The van der Waals surface area contributed by atoms with Crippen LogP contribution in [0.25, 0.3) is 10.9 Å². The monoisotopic (exact) mass is 458 g/mol. The molecule has 0 bridgehead atoms. The van der Waals surface area contributed by atoms with E-state index in [-0.39, 0.29) is 17.5 Å². The first-order valence-corrected chi connectivity index (χ1v) is 11.1. The Bertz CT molecular complexity index is 1190. The molecule has 1 aliphatic rings. The Morgan fingerprint density at radius 3 is 2.48 bits per heavy atom. The first kappa shape index (κ1) is 21.8. The van der Waals surface area contributed by atoms with Gasteiger partial charge in [0.25, 0.3) is 11.5 Å². The first-order valence-electron chi connectivity index (χ1n) is 10.4. The minimum atomic E-state index is -0.0793. The molecule has 1 unspecified atom stereocenters. The third kappa shape index (κ3) is 4.20. The molecule has 3 aromatic rings. The molecule has 6 nitrogen and oxygen atoms in total. The van der Waals surface area contributed by atoms with E-state index in [1.807, 2.05) is 24.0 Å². The molecule has 1 fully saturated rings. The summed E-state index contributed by atoms with van der Waals surface area (Å²) in [5.41, 5.74) is 1.10. The first-order chi connectivity index (χ1) is 14.9. The molecule has 1 aliphatic heterocycles. The fraction of sp³-hybridized carbons (Fsp3) is 0.348. The Balaban J connectivity index is 1.55. The van der Waals surface area contributed by atoms with Crippen LogP contribution in [0.15, 0.2) is 47.3 Å². The minimum absolute atomic E-state index is 0.0518. The SMILES string of the molecule is CCn1c(C(C)N2CCN(C(=O)c3ccccc3Cl)CC2)nc2ccc(Cl)cc2c1=O. The molecule has 1 saturated heterocycles. The highest BCUT2D eigenvalue weighted by atomic mass is 35.5. The predicted octanol–water partition coefficient (Wildman–Crippen LogP) is 4.24. The van der Waals surface area contributed by atoms with Crippen LogP contribution in [-0.4, -0.2) is 51.4 Å². The van der Waals surface area contributed by atoms with E-state index in [2.05, 4.69) is 11.8 Å². The largest absolute Gasteiger partial charge is 0.336 e. The van der Waals surface area contributed by atoms with E-state index < -0.39 is 0 Å². The van der Waals surface area contributed by atoms with Crippen LogP contribution in [-0.2, 0) is 6.54 Å². The van der Waals surface area contributed by atoms with Gasteiger partial charge in [0.15, 0.2) is 0 Å². The van der Waals surface area contributed by atoms with Crippen molar-refractivity contribution in [2.24, 2.45) is 0 Å². The number of amides is 1. The lowest BCUT2D eigenvalue weighted by Crippen LogP contribution is -2.50. The van der Waals surface area contributed by atoms with Gasteiger partial charge < -0.3 is 4.90 Å². The molecule has 0 aliphatic carbocycles. The van der Waals surface area contributed by atoms with Crippen molar-refractivity contribution >= 4 is 40.0 Å². The number of rotatable bonds is 4. The molecule has 31 heavy (non-hydrogen) atoms. The summed E-state index contributed by atoms with van der Waals surface area (Å²) < 4.78 is 1.71. The summed E-state index contributed by atoms with van der Waals surface area (Å²) in [6.45, 7) is 7.09. The molecule has 1 amide bonds. The van der Waals surface area contributed by atoms with Crippen molar-refractivity contribution in [3.63, 3.8) is 0 Å². The summed E-state index contributed by atoms with van der Waals surface area (Å²) in [6.07, 6.45) is 0. The summed E-state index contributed by atoms with van der Waals surface area (Å²) in [4.78, 5) is 34.8. The number of benzene rings is 2. The highest BCUT2D eigenvalue weighted by Crippen LogP contribution is 2.24. The molecule has 0 N–H and O–H groups in total. The number of halogens is 2. The number of fused-ring (bicyclic) bond motifs is 1. The van der Waals surface area contributed by atoms with E-state index in [9.17, 15) is 9.59 Å². The van der Waals surface area contributed by atoms with Gasteiger partial charge in [-0.25, -0.2) is 4.98 Å². The molecule has 4 rings (SSSR count). The fourth-order valence-electron chi connectivity index (χ4n) is 4.12. The van der Waals surface area contributed by atoms with Crippen molar-refractivity contribution in [1.29, 1.82) is 0 Å². The molecule has 8 heteroatoms. The van der Waals surface area contributed by atoms with Crippen molar-refractivity contribution in [3.05, 3.63) is 74.3 Å². The molecule has 0 radical (unpaired) electrons. The van der Waals surface area contributed by atoms with Gasteiger partial charge in [-0.3, -0.25) is 19.1 Å². The summed E-state index contributed by atoms with van der Waals surface area (Å²) in [6, 6.07) is 12.3. The van der Waals surface area contributed by atoms with E-state index in [0.717, 1.165) is 5.82 Å². The number of piperazine rings is 1. The molecule has 2 aromatic carbocycles. The second-order valence-corrected chi connectivity index (χ2v) is 8.51. The number of nitrogens with zero attached hydrogens (tertiary/aromatic N) is 4. The van der Waals surface area contributed by atoms with Gasteiger partial charge in [-0.1, -0.05) is 35.3 Å². The van der Waals surface area contributed by atoms with Gasteiger partial charge >= 0.3 is 0 Å². The van der Waals surface area contributed by atoms with Crippen LogP contribution in [0.3, 0.4) is 0 Å². The lowest BCUT2D eigenvalue weighted by molar-refractivity contribution is 0.0571. The van der Waals surface area contributed by atoms with Crippen molar-refractivity contribution in [2.75, 3.05) is 26.2 Å². The Morgan fingerprint density at radius 2 is 1.81 bits per heavy atom. The molecule has 162 valence electrons. The zero-order valence-corrected chi connectivity index (χ0v) is 19.0. The van der Waals surface area contributed by atoms with E-state index in [1.54, 1.807) is 34.9 Å². The van der Waals surface area contributed by atoms with Crippen LogP contribution in [0.5, 0.6) is 0 Å². The van der Waals surface area contributed by atoms with Crippen molar-refractivity contribution < 1.29 is 4.79 Å². The summed E-state index contributed by atoms with van der Waals surface area (Å²) in [7, 11) is 0. The zero-order chi connectivity index (χ0) is 22.1. The van der Waals surface area contributed by atoms with Gasteiger partial charge in [-0.2, -0.15) is 0 Å². The number of aromatic nitrogens is 2. The zero-order valence-electron chi connectivity index (χ0n) is 17.5. The highest BCUT2D eigenvalue weighted by molar-refractivity contribution is 6.33. The Kier molecular flexibility index (Phi) is 6.32. The highest BCUT2D eigenvalue weighted by Gasteiger charge is 2.28. The number of carbonyl (C=O) groups excluding carboxylic acids is 1. The summed E-state index contributed by atoms with van der Waals surface area (Å²) in [5, 5.41) is 1.52. The van der Waals surface area contributed by atoms with E-state index in [1.165, 1.54) is 0 Å².